The first-order valence-corrected chi connectivity index (χ1v) is 10.8. The number of ether oxygens (including phenoxy) is 1. The van der Waals surface area contributed by atoms with Crippen LogP contribution in [0.1, 0.15) is 33.1 Å². The summed E-state index contributed by atoms with van der Waals surface area (Å²) in [5.41, 5.74) is 2.07. The fraction of sp³-hybridized carbons (Fsp3) is 0.417. The average molecular weight is 429 g/mol. The third-order valence-electron chi connectivity index (χ3n) is 5.19. The second-order valence-electron chi connectivity index (χ2n) is 8.12. The van der Waals surface area contributed by atoms with Gasteiger partial charge in [-0.3, -0.25) is 9.59 Å². The van der Waals surface area contributed by atoms with E-state index in [2.05, 4.69) is 5.32 Å². The Kier molecular flexibility index (Phi) is 7.75. The van der Waals surface area contributed by atoms with E-state index in [-0.39, 0.29) is 24.5 Å². The molecule has 0 atom stereocenters. The van der Waals surface area contributed by atoms with Gasteiger partial charge >= 0.3 is 0 Å². The van der Waals surface area contributed by atoms with Crippen LogP contribution in [0, 0.1) is 5.92 Å². The van der Waals surface area contributed by atoms with Gasteiger partial charge in [-0.2, -0.15) is 0 Å². The summed E-state index contributed by atoms with van der Waals surface area (Å²) in [7, 11) is 0. The Morgan fingerprint density at radius 1 is 1.10 bits per heavy atom. The summed E-state index contributed by atoms with van der Waals surface area (Å²) in [6.07, 6.45) is 2.11. The van der Waals surface area contributed by atoms with Gasteiger partial charge in [-0.1, -0.05) is 61.8 Å². The third-order valence-corrected chi connectivity index (χ3v) is 5.49. The van der Waals surface area contributed by atoms with Gasteiger partial charge in [0.2, 0.25) is 5.91 Å². The monoisotopic (exact) mass is 428 g/mol. The summed E-state index contributed by atoms with van der Waals surface area (Å²) in [4.78, 5) is 26.3. The fourth-order valence-electron chi connectivity index (χ4n) is 3.59. The number of hydrogen-bond acceptors (Lipinski definition) is 3. The number of benzene rings is 2. The number of hydrogen-bond donors (Lipinski definition) is 1. The highest BCUT2D eigenvalue weighted by Gasteiger charge is 2.24. The first-order chi connectivity index (χ1) is 14.4. The number of rotatable bonds is 7. The lowest BCUT2D eigenvalue weighted by Gasteiger charge is -2.32. The molecule has 1 fully saturated rings. The van der Waals surface area contributed by atoms with Gasteiger partial charge in [-0.05, 0) is 42.0 Å². The summed E-state index contributed by atoms with van der Waals surface area (Å²) in [5.74, 6) is 0.873. The van der Waals surface area contributed by atoms with Gasteiger partial charge in [-0.15, -0.1) is 0 Å². The summed E-state index contributed by atoms with van der Waals surface area (Å²) >= 11 is 6.34. The van der Waals surface area contributed by atoms with Crippen molar-refractivity contribution in [2.24, 2.45) is 5.92 Å². The fourth-order valence-corrected chi connectivity index (χ4v) is 3.83. The Morgan fingerprint density at radius 3 is 2.43 bits per heavy atom. The lowest BCUT2D eigenvalue weighted by Crippen LogP contribution is -2.47. The molecule has 0 unspecified atom stereocenters. The Hall–Kier alpha value is -2.53. The van der Waals surface area contributed by atoms with Crippen LogP contribution in [0.3, 0.4) is 0 Å². The molecule has 1 aliphatic heterocycles. The molecular formula is C24H29ClN2O3. The molecule has 6 heteroatoms. The third kappa shape index (κ3) is 6.23. The van der Waals surface area contributed by atoms with Crippen molar-refractivity contribution in [2.45, 2.75) is 39.2 Å². The molecular weight excluding hydrogens is 400 g/mol. The summed E-state index contributed by atoms with van der Waals surface area (Å²) in [5, 5.41) is 3.47. The Balaban J connectivity index is 1.45. The summed E-state index contributed by atoms with van der Waals surface area (Å²) in [6.45, 7) is 5.38. The zero-order valence-electron chi connectivity index (χ0n) is 17.6. The van der Waals surface area contributed by atoms with Gasteiger partial charge in [0.1, 0.15) is 5.75 Å². The van der Waals surface area contributed by atoms with Crippen molar-refractivity contribution >= 4 is 23.4 Å². The average Bonchev–Trinajstić information content (AvgIpc) is 2.73. The van der Waals surface area contributed by atoms with Crippen molar-refractivity contribution in [1.82, 2.24) is 10.2 Å². The van der Waals surface area contributed by atoms with Crippen LogP contribution in [0.15, 0.2) is 48.5 Å². The first kappa shape index (κ1) is 22.2. The van der Waals surface area contributed by atoms with Crippen LogP contribution < -0.4 is 10.1 Å². The van der Waals surface area contributed by atoms with Crippen LogP contribution in [0.5, 0.6) is 5.75 Å². The standard InChI is InChI=1S/C24H29ClN2O3/c1-17(2)14-24(29)27-12-10-20(11-13-27)26-23(28)16-30-22-9-8-19(15-21(22)25)18-6-4-3-5-7-18/h3-9,15,17,20H,10-14,16H2,1-2H3,(H,26,28). The minimum Gasteiger partial charge on any atom is -0.482 e. The zero-order valence-corrected chi connectivity index (χ0v) is 18.3. The van der Waals surface area contributed by atoms with E-state index in [0.29, 0.717) is 36.2 Å². The molecule has 0 aliphatic carbocycles. The molecule has 1 aliphatic rings. The van der Waals surface area contributed by atoms with E-state index in [1.165, 1.54) is 0 Å². The van der Waals surface area contributed by atoms with Crippen LogP contribution in [0.2, 0.25) is 5.02 Å². The molecule has 1 heterocycles. The smallest absolute Gasteiger partial charge is 0.258 e. The summed E-state index contributed by atoms with van der Waals surface area (Å²) < 4.78 is 5.63. The molecule has 3 rings (SSSR count). The molecule has 2 aromatic rings. The number of nitrogens with zero attached hydrogens (tertiary/aromatic N) is 1. The first-order valence-electron chi connectivity index (χ1n) is 10.5. The highest BCUT2D eigenvalue weighted by Crippen LogP contribution is 2.30. The second-order valence-corrected chi connectivity index (χ2v) is 8.53. The number of carbonyl (C=O) groups is 2. The lowest BCUT2D eigenvalue weighted by atomic mass is 10.0. The van der Waals surface area contributed by atoms with Gasteiger partial charge in [0.25, 0.3) is 5.91 Å². The van der Waals surface area contributed by atoms with Crippen LogP contribution in [0.4, 0.5) is 0 Å². The number of piperidine rings is 1. The van der Waals surface area contributed by atoms with Crippen molar-refractivity contribution in [3.63, 3.8) is 0 Å². The van der Waals surface area contributed by atoms with Crippen molar-refractivity contribution in [3.8, 4) is 16.9 Å². The molecule has 0 radical (unpaired) electrons. The van der Waals surface area contributed by atoms with E-state index >= 15 is 0 Å². The Labute approximate surface area is 183 Å². The highest BCUT2D eigenvalue weighted by atomic mass is 35.5. The van der Waals surface area contributed by atoms with E-state index in [9.17, 15) is 9.59 Å². The van der Waals surface area contributed by atoms with Crippen molar-refractivity contribution in [1.29, 1.82) is 0 Å². The number of likely N-dealkylation sites (tertiary alicyclic amines) is 1. The van der Waals surface area contributed by atoms with Crippen molar-refractivity contribution < 1.29 is 14.3 Å². The van der Waals surface area contributed by atoms with Crippen LogP contribution >= 0.6 is 11.6 Å². The van der Waals surface area contributed by atoms with Crippen molar-refractivity contribution in [3.05, 3.63) is 53.6 Å². The van der Waals surface area contributed by atoms with Crippen molar-refractivity contribution in [2.75, 3.05) is 19.7 Å². The van der Waals surface area contributed by atoms with Crippen LogP contribution in [-0.4, -0.2) is 42.5 Å². The topological polar surface area (TPSA) is 58.6 Å². The molecule has 2 amide bonds. The minimum atomic E-state index is -0.176. The highest BCUT2D eigenvalue weighted by molar-refractivity contribution is 6.32. The van der Waals surface area contributed by atoms with E-state index in [1.54, 1.807) is 6.07 Å². The predicted molar refractivity (Wildman–Crippen MR) is 120 cm³/mol. The zero-order chi connectivity index (χ0) is 21.5. The van der Waals surface area contributed by atoms with E-state index in [0.717, 1.165) is 24.0 Å². The molecule has 5 nitrogen and oxygen atoms in total. The summed E-state index contributed by atoms with van der Waals surface area (Å²) in [6, 6.07) is 15.6. The Bertz CT molecular complexity index is 862. The lowest BCUT2D eigenvalue weighted by molar-refractivity contribution is -0.133. The van der Waals surface area contributed by atoms with E-state index in [4.69, 9.17) is 16.3 Å². The van der Waals surface area contributed by atoms with Gasteiger partial charge in [0.05, 0.1) is 5.02 Å². The molecule has 0 saturated carbocycles. The maximum Gasteiger partial charge on any atom is 0.258 e. The molecule has 1 N–H and O–H groups in total. The van der Waals surface area contributed by atoms with Crippen LogP contribution in [-0.2, 0) is 9.59 Å². The maximum atomic E-state index is 12.3. The molecule has 0 spiro atoms. The number of amides is 2. The maximum absolute atomic E-state index is 12.3. The normalized spacial score (nSPS) is 14.6. The molecule has 160 valence electrons. The molecule has 30 heavy (non-hydrogen) atoms. The number of carbonyl (C=O) groups excluding carboxylic acids is 2. The quantitative estimate of drug-likeness (QED) is 0.704. The molecule has 0 aromatic heterocycles. The van der Waals surface area contributed by atoms with E-state index < -0.39 is 0 Å². The SMILES string of the molecule is CC(C)CC(=O)N1CCC(NC(=O)COc2ccc(-c3ccccc3)cc2Cl)CC1. The molecule has 0 bridgehead atoms. The number of nitrogens with one attached hydrogen (secondary N) is 1. The minimum absolute atomic E-state index is 0.0696. The predicted octanol–water partition coefficient (Wildman–Crippen LogP) is 4.54. The van der Waals surface area contributed by atoms with Gasteiger partial charge in [0, 0.05) is 25.6 Å². The molecule has 2 aromatic carbocycles. The molecule has 1 saturated heterocycles. The second kappa shape index (κ2) is 10.5. The van der Waals surface area contributed by atoms with Gasteiger partial charge < -0.3 is 15.0 Å². The Morgan fingerprint density at radius 2 is 1.80 bits per heavy atom. The van der Waals surface area contributed by atoms with Crippen LogP contribution in [0.25, 0.3) is 11.1 Å². The van der Waals surface area contributed by atoms with Gasteiger partial charge in [-0.25, -0.2) is 0 Å². The number of halogens is 1. The van der Waals surface area contributed by atoms with E-state index in [1.807, 2.05) is 61.2 Å². The van der Waals surface area contributed by atoms with Gasteiger partial charge in [0.15, 0.2) is 6.61 Å². The largest absolute Gasteiger partial charge is 0.482 e.